The highest BCUT2D eigenvalue weighted by Gasteiger charge is 1.92. The van der Waals surface area contributed by atoms with Gasteiger partial charge in [0.05, 0.1) is 6.61 Å². The number of ether oxygens (including phenoxy) is 2. The third-order valence-electron chi connectivity index (χ3n) is 1.39. The van der Waals surface area contributed by atoms with Gasteiger partial charge in [-0.05, 0) is 24.3 Å². The van der Waals surface area contributed by atoms with E-state index >= 15 is 0 Å². The van der Waals surface area contributed by atoms with E-state index in [4.69, 9.17) is 32.7 Å². The van der Waals surface area contributed by atoms with E-state index in [0.717, 1.165) is 5.75 Å². The van der Waals surface area contributed by atoms with Crippen molar-refractivity contribution in [1.82, 2.24) is 0 Å². The zero-order valence-corrected chi connectivity index (χ0v) is 8.52. The summed E-state index contributed by atoms with van der Waals surface area (Å²) in [5.41, 5.74) is 0. The summed E-state index contributed by atoms with van der Waals surface area (Å²) in [6.45, 7) is 0.987. The first-order chi connectivity index (χ1) is 6.33. The normalized spacial score (nSPS) is 10.0. The zero-order chi connectivity index (χ0) is 9.52. The van der Waals surface area contributed by atoms with Crippen LogP contribution in [0.2, 0.25) is 5.02 Å². The van der Waals surface area contributed by atoms with Crippen LogP contribution in [-0.2, 0) is 4.74 Å². The van der Waals surface area contributed by atoms with E-state index in [2.05, 4.69) is 0 Å². The summed E-state index contributed by atoms with van der Waals surface area (Å²) < 4.78 is 10.2. The number of hydrogen-bond donors (Lipinski definition) is 0. The molecule has 0 unspecified atom stereocenters. The van der Waals surface area contributed by atoms with Crippen molar-refractivity contribution < 1.29 is 9.47 Å². The van der Waals surface area contributed by atoms with Gasteiger partial charge in [-0.3, -0.25) is 0 Å². The second kappa shape index (κ2) is 6.08. The molecule has 4 heteroatoms. The summed E-state index contributed by atoms with van der Waals surface area (Å²) in [6.07, 6.45) is 0. The van der Waals surface area contributed by atoms with Gasteiger partial charge in [-0.1, -0.05) is 23.2 Å². The molecule has 0 atom stereocenters. The molecule has 0 aliphatic carbocycles. The number of benzene rings is 1. The lowest BCUT2D eigenvalue weighted by Gasteiger charge is -2.05. The monoisotopic (exact) mass is 220 g/mol. The Morgan fingerprint density at radius 3 is 2.38 bits per heavy atom. The van der Waals surface area contributed by atoms with Gasteiger partial charge in [-0.2, -0.15) is 0 Å². The van der Waals surface area contributed by atoms with Gasteiger partial charge in [0.2, 0.25) is 0 Å². The quantitative estimate of drug-likeness (QED) is 0.562. The first-order valence-electron chi connectivity index (χ1n) is 3.85. The van der Waals surface area contributed by atoms with Crippen molar-refractivity contribution in [3.63, 3.8) is 0 Å². The molecule has 0 aliphatic rings. The fraction of sp³-hybridized carbons (Fsp3) is 0.333. The SMILES string of the molecule is ClCOCCOc1ccc(Cl)cc1. The van der Waals surface area contributed by atoms with Crippen LogP contribution in [0.3, 0.4) is 0 Å². The molecule has 1 rings (SSSR count). The molecule has 1 aromatic rings. The van der Waals surface area contributed by atoms with E-state index in [0.29, 0.717) is 18.2 Å². The molecule has 0 saturated carbocycles. The van der Waals surface area contributed by atoms with Crippen LogP contribution >= 0.6 is 23.2 Å². The predicted molar refractivity (Wildman–Crippen MR) is 53.6 cm³/mol. The maximum Gasteiger partial charge on any atom is 0.121 e. The van der Waals surface area contributed by atoms with Crippen LogP contribution in [0.1, 0.15) is 0 Å². The maximum atomic E-state index is 5.70. The van der Waals surface area contributed by atoms with Crippen molar-refractivity contribution in [2.24, 2.45) is 0 Å². The Labute approximate surface area is 87.4 Å². The first kappa shape index (κ1) is 10.6. The fourth-order valence-electron chi connectivity index (χ4n) is 0.804. The lowest BCUT2D eigenvalue weighted by molar-refractivity contribution is 0.133. The summed E-state index contributed by atoms with van der Waals surface area (Å²) in [6, 6.07) is 7.37. The molecule has 72 valence electrons. The largest absolute Gasteiger partial charge is 0.491 e. The van der Waals surface area contributed by atoms with E-state index in [1.54, 1.807) is 12.1 Å². The van der Waals surface area contributed by atoms with E-state index in [-0.39, 0.29) is 6.07 Å². The van der Waals surface area contributed by atoms with Crippen molar-refractivity contribution in [3.8, 4) is 5.75 Å². The van der Waals surface area contributed by atoms with E-state index in [1.807, 2.05) is 12.1 Å². The van der Waals surface area contributed by atoms with E-state index in [9.17, 15) is 0 Å². The molecule has 0 bridgehead atoms. The van der Waals surface area contributed by atoms with Crippen LogP contribution in [0, 0.1) is 0 Å². The third-order valence-corrected chi connectivity index (χ3v) is 1.79. The van der Waals surface area contributed by atoms with E-state index < -0.39 is 0 Å². The smallest absolute Gasteiger partial charge is 0.121 e. The van der Waals surface area contributed by atoms with Crippen molar-refractivity contribution >= 4 is 23.2 Å². The molecule has 0 amide bonds. The van der Waals surface area contributed by atoms with Crippen LogP contribution in [0.5, 0.6) is 5.75 Å². The number of hydrogen-bond acceptors (Lipinski definition) is 2. The van der Waals surface area contributed by atoms with Crippen molar-refractivity contribution in [2.75, 3.05) is 19.3 Å². The third kappa shape index (κ3) is 4.36. The topological polar surface area (TPSA) is 18.5 Å². The Morgan fingerprint density at radius 2 is 1.77 bits per heavy atom. The number of rotatable bonds is 5. The lowest BCUT2D eigenvalue weighted by atomic mass is 10.3. The summed E-state index contributed by atoms with van der Waals surface area (Å²) in [5.74, 6) is 0.780. The lowest BCUT2D eigenvalue weighted by Crippen LogP contribution is -2.05. The molecule has 13 heavy (non-hydrogen) atoms. The van der Waals surface area contributed by atoms with Crippen molar-refractivity contribution in [3.05, 3.63) is 29.3 Å². The van der Waals surface area contributed by atoms with Crippen LogP contribution < -0.4 is 4.74 Å². The predicted octanol–water partition coefficient (Wildman–Crippen LogP) is 2.93. The molecule has 0 N–H and O–H groups in total. The van der Waals surface area contributed by atoms with Crippen molar-refractivity contribution in [1.29, 1.82) is 0 Å². The van der Waals surface area contributed by atoms with Crippen LogP contribution in [0.15, 0.2) is 24.3 Å². The minimum Gasteiger partial charge on any atom is -0.491 e. The molecule has 2 nitrogen and oxygen atoms in total. The highest BCUT2D eigenvalue weighted by molar-refractivity contribution is 6.30. The second-order valence-corrected chi connectivity index (χ2v) is 2.97. The van der Waals surface area contributed by atoms with Crippen molar-refractivity contribution in [2.45, 2.75) is 0 Å². The van der Waals surface area contributed by atoms with Gasteiger partial charge >= 0.3 is 0 Å². The second-order valence-electron chi connectivity index (χ2n) is 2.32. The van der Waals surface area contributed by atoms with Crippen LogP contribution in [0.25, 0.3) is 0 Å². The first-order valence-corrected chi connectivity index (χ1v) is 4.76. The van der Waals surface area contributed by atoms with Gasteiger partial charge in [-0.25, -0.2) is 0 Å². The van der Waals surface area contributed by atoms with Gasteiger partial charge in [0.15, 0.2) is 0 Å². The molecular weight excluding hydrogens is 211 g/mol. The fourth-order valence-corrected chi connectivity index (χ4v) is 1.04. The number of alkyl halides is 1. The Hall–Kier alpha value is -0.440. The van der Waals surface area contributed by atoms with Gasteiger partial charge in [0.1, 0.15) is 18.4 Å². The molecule has 0 radical (unpaired) electrons. The zero-order valence-electron chi connectivity index (χ0n) is 7.00. The average Bonchev–Trinajstić information content (AvgIpc) is 2.15. The molecule has 0 aromatic heterocycles. The molecular formula is C9H10Cl2O2. The van der Waals surface area contributed by atoms with Crippen LogP contribution in [-0.4, -0.2) is 19.3 Å². The maximum absolute atomic E-state index is 5.70. The van der Waals surface area contributed by atoms with Gasteiger partial charge in [-0.15, -0.1) is 0 Å². The number of halogens is 2. The van der Waals surface area contributed by atoms with Gasteiger partial charge in [0, 0.05) is 5.02 Å². The van der Waals surface area contributed by atoms with Crippen LogP contribution in [0.4, 0.5) is 0 Å². The summed E-state index contributed by atoms with van der Waals surface area (Å²) in [4.78, 5) is 0. The molecule has 0 heterocycles. The molecule has 1 aromatic carbocycles. The standard InChI is InChI=1S/C9H10Cl2O2/c10-7-12-5-6-13-9-3-1-8(11)2-4-9/h1-4H,5-7H2. The highest BCUT2D eigenvalue weighted by atomic mass is 35.5. The summed E-state index contributed by atoms with van der Waals surface area (Å²) in [5, 5.41) is 0.698. The average molecular weight is 221 g/mol. The minimum atomic E-state index is 0.198. The molecule has 0 saturated heterocycles. The molecule has 0 fully saturated rings. The highest BCUT2D eigenvalue weighted by Crippen LogP contribution is 2.15. The van der Waals surface area contributed by atoms with Gasteiger partial charge in [0.25, 0.3) is 0 Å². The Kier molecular flexibility index (Phi) is 4.98. The summed E-state index contributed by atoms with van der Waals surface area (Å²) in [7, 11) is 0. The molecule has 0 aliphatic heterocycles. The Morgan fingerprint density at radius 1 is 1.08 bits per heavy atom. The Bertz CT molecular complexity index is 236. The molecule has 0 spiro atoms. The Balaban J connectivity index is 2.25. The van der Waals surface area contributed by atoms with E-state index in [1.165, 1.54) is 0 Å². The summed E-state index contributed by atoms with van der Waals surface area (Å²) >= 11 is 11.0. The minimum absolute atomic E-state index is 0.198. The van der Waals surface area contributed by atoms with Gasteiger partial charge < -0.3 is 9.47 Å².